The van der Waals surface area contributed by atoms with Crippen LogP contribution in [0.4, 0.5) is 14.9 Å². The molecule has 0 spiro atoms. The van der Waals surface area contributed by atoms with Crippen LogP contribution in [0.15, 0.2) is 35.5 Å². The normalized spacial score (nSPS) is 24.6. The molecule has 0 saturated carbocycles. The first-order chi connectivity index (χ1) is 16.8. The van der Waals surface area contributed by atoms with Gasteiger partial charge in [0.05, 0.1) is 15.6 Å². The number of hydrogen-bond donors (Lipinski definition) is 5. The molecule has 4 rings (SSSR count). The molecule has 1 aromatic heterocycles. The predicted molar refractivity (Wildman–Crippen MR) is 134 cm³/mol. The minimum atomic E-state index is -3.30. The summed E-state index contributed by atoms with van der Waals surface area (Å²) in [6.07, 6.45) is 0.380. The number of fused-ring (bicyclic) bond motifs is 1. The molecule has 3 heterocycles. The zero-order valence-corrected chi connectivity index (χ0v) is 21.1. The number of carboxylic acid groups (broad SMARTS) is 1. The summed E-state index contributed by atoms with van der Waals surface area (Å²) in [4.78, 5) is 33.1. The number of thiol groups is 1. The SMILES string of the molecule is Cc1cc(C#N)cnc1C(=O)Nc1ccc(F)c([C@@]2(C)N=C(NC(=O)O)C(C)(C)[SH]3(=O)NCC[C@@H]23)c1. The number of nitrogens with zero attached hydrogens (tertiary/aromatic N) is 3. The van der Waals surface area contributed by atoms with Crippen molar-refractivity contribution in [2.24, 2.45) is 4.99 Å². The number of amides is 2. The standard InChI is InChI=1S/C24H27FN6O4S/c1-13-9-14(11-26)12-27-19(13)20(32)29-15-5-6-17(25)16(10-15)24(4)18-7-8-28-36(18,35)23(2,3)21(31-24)30-22(33)34/h5-6,9-10,12,18,36H,7-8H2,1-4H3,(H,28,35)(H,29,32)(H,30,31)(H,33,34)/t18-,24+/m0/s1. The molecule has 0 aliphatic carbocycles. The van der Waals surface area contributed by atoms with E-state index < -0.39 is 43.5 Å². The highest BCUT2D eigenvalue weighted by Crippen LogP contribution is 2.49. The quantitative estimate of drug-likeness (QED) is 0.396. The number of anilines is 1. The zero-order chi connectivity index (χ0) is 26.5. The van der Waals surface area contributed by atoms with Crippen LogP contribution in [0, 0.1) is 24.1 Å². The van der Waals surface area contributed by atoms with Gasteiger partial charge in [-0.3, -0.25) is 24.0 Å². The molecular weight excluding hydrogens is 487 g/mol. The third kappa shape index (κ3) is 3.94. The average molecular weight is 515 g/mol. The maximum absolute atomic E-state index is 15.3. The molecule has 2 amide bonds. The van der Waals surface area contributed by atoms with Crippen molar-refractivity contribution in [3.8, 4) is 6.07 Å². The van der Waals surface area contributed by atoms with E-state index >= 15 is 4.39 Å². The van der Waals surface area contributed by atoms with E-state index in [4.69, 9.17) is 5.26 Å². The molecular formula is C24H27FN6O4S. The summed E-state index contributed by atoms with van der Waals surface area (Å²) in [7, 11) is -3.30. The Balaban J connectivity index is 1.78. The predicted octanol–water partition coefficient (Wildman–Crippen LogP) is 2.62. The first-order valence-electron chi connectivity index (χ1n) is 11.3. The van der Waals surface area contributed by atoms with Gasteiger partial charge in [0.15, 0.2) is 0 Å². The van der Waals surface area contributed by atoms with Crippen LogP contribution in [-0.4, -0.2) is 48.7 Å². The van der Waals surface area contributed by atoms with Gasteiger partial charge in [-0.25, -0.2) is 14.2 Å². The molecule has 4 N–H and O–H groups in total. The number of nitriles is 1. The fourth-order valence-corrected chi connectivity index (χ4v) is 8.73. The second-order valence-electron chi connectivity index (χ2n) is 9.62. The van der Waals surface area contributed by atoms with Crippen LogP contribution in [0.5, 0.6) is 0 Å². The van der Waals surface area contributed by atoms with Crippen molar-refractivity contribution in [3.05, 3.63) is 58.7 Å². The fourth-order valence-electron chi connectivity index (χ4n) is 5.06. The minimum Gasteiger partial charge on any atom is -0.465 e. The van der Waals surface area contributed by atoms with Crippen molar-refractivity contribution in [1.29, 1.82) is 5.26 Å². The third-order valence-corrected chi connectivity index (χ3v) is 11.2. The van der Waals surface area contributed by atoms with Gasteiger partial charge >= 0.3 is 6.09 Å². The van der Waals surface area contributed by atoms with Gasteiger partial charge in [0.1, 0.15) is 29.0 Å². The number of amidine groups is 1. The number of aliphatic imine (C=N–C) groups is 1. The number of benzene rings is 1. The molecule has 0 radical (unpaired) electrons. The minimum absolute atomic E-state index is 0.0160. The molecule has 2 aliphatic heterocycles. The van der Waals surface area contributed by atoms with Crippen LogP contribution in [0.1, 0.15) is 54.4 Å². The molecule has 36 heavy (non-hydrogen) atoms. The molecule has 2 aliphatic rings. The van der Waals surface area contributed by atoms with Crippen molar-refractivity contribution in [1.82, 2.24) is 15.0 Å². The number of carbonyl (C=O) groups excluding carboxylic acids is 1. The summed E-state index contributed by atoms with van der Waals surface area (Å²) >= 11 is 0. The number of carbonyl (C=O) groups is 2. The lowest BCUT2D eigenvalue weighted by Gasteiger charge is -2.51. The Hall–Kier alpha value is -3.69. The molecule has 12 heteroatoms. The first-order valence-corrected chi connectivity index (χ1v) is 13.0. The summed E-state index contributed by atoms with van der Waals surface area (Å²) in [5, 5.41) is 22.8. The Kier molecular flexibility index (Phi) is 6.18. The fraction of sp³-hybridized carbons (Fsp3) is 0.375. The number of halogens is 1. The highest BCUT2D eigenvalue weighted by atomic mass is 32.3. The van der Waals surface area contributed by atoms with Crippen LogP contribution in [0.25, 0.3) is 0 Å². The van der Waals surface area contributed by atoms with Crippen LogP contribution in [0.3, 0.4) is 0 Å². The Morgan fingerprint density at radius 3 is 2.64 bits per heavy atom. The molecule has 2 atom stereocenters. The lowest BCUT2D eigenvalue weighted by atomic mass is 9.85. The number of nitrogens with one attached hydrogen (secondary N) is 3. The van der Waals surface area contributed by atoms with Gasteiger partial charge in [0, 0.05) is 24.0 Å². The van der Waals surface area contributed by atoms with Crippen LogP contribution in [0.2, 0.25) is 0 Å². The number of aryl methyl sites for hydroxylation is 1. The van der Waals surface area contributed by atoms with Crippen LogP contribution < -0.4 is 15.4 Å². The van der Waals surface area contributed by atoms with E-state index in [2.05, 4.69) is 25.3 Å². The Morgan fingerprint density at radius 1 is 1.28 bits per heavy atom. The van der Waals surface area contributed by atoms with E-state index in [-0.39, 0.29) is 22.8 Å². The third-order valence-electron chi connectivity index (χ3n) is 7.02. The van der Waals surface area contributed by atoms with Gasteiger partial charge in [-0.15, -0.1) is 0 Å². The molecule has 2 aromatic rings. The van der Waals surface area contributed by atoms with Crippen LogP contribution in [-0.2, 0) is 15.7 Å². The lowest BCUT2D eigenvalue weighted by molar-refractivity contribution is 0.102. The summed E-state index contributed by atoms with van der Waals surface area (Å²) in [6, 6.07) is 7.50. The van der Waals surface area contributed by atoms with Gasteiger partial charge in [0.2, 0.25) is 0 Å². The topological polar surface area (TPSA) is 157 Å². The highest BCUT2D eigenvalue weighted by Gasteiger charge is 2.59. The van der Waals surface area contributed by atoms with E-state index in [1.807, 2.05) is 6.07 Å². The number of rotatable bonds is 3. The number of pyridine rings is 1. The maximum Gasteiger partial charge on any atom is 0.410 e. The van der Waals surface area contributed by atoms with Crippen molar-refractivity contribution in [2.45, 2.75) is 49.7 Å². The maximum atomic E-state index is 15.3. The van der Waals surface area contributed by atoms with E-state index in [1.165, 1.54) is 24.4 Å². The van der Waals surface area contributed by atoms with E-state index in [9.17, 15) is 18.9 Å². The molecule has 10 nitrogen and oxygen atoms in total. The van der Waals surface area contributed by atoms with Crippen LogP contribution >= 0.6 is 0 Å². The summed E-state index contributed by atoms with van der Waals surface area (Å²) in [5.74, 6) is -1.19. The van der Waals surface area contributed by atoms with E-state index in [0.29, 0.717) is 24.1 Å². The molecule has 0 bridgehead atoms. The van der Waals surface area contributed by atoms with Crippen molar-refractivity contribution < 1.29 is 23.3 Å². The van der Waals surface area contributed by atoms with Crippen molar-refractivity contribution in [3.63, 3.8) is 0 Å². The molecule has 1 fully saturated rings. The van der Waals surface area contributed by atoms with Crippen molar-refractivity contribution in [2.75, 3.05) is 11.9 Å². The summed E-state index contributed by atoms with van der Waals surface area (Å²) in [5.41, 5.74) is -0.0989. The Labute approximate surface area is 208 Å². The number of hydrogen-bond acceptors (Lipinski definition) is 6. The largest absolute Gasteiger partial charge is 0.465 e. The molecule has 1 aromatic carbocycles. The Morgan fingerprint density at radius 2 is 2.00 bits per heavy atom. The Bertz CT molecular complexity index is 1400. The smallest absolute Gasteiger partial charge is 0.410 e. The van der Waals surface area contributed by atoms with Gasteiger partial charge in [-0.2, -0.15) is 5.26 Å². The van der Waals surface area contributed by atoms with Gasteiger partial charge in [-0.05, 0) is 74.1 Å². The second kappa shape index (κ2) is 8.76. The lowest BCUT2D eigenvalue weighted by Crippen LogP contribution is -2.65. The first kappa shape index (κ1) is 25.4. The second-order valence-corrected chi connectivity index (χ2v) is 13.0. The zero-order valence-electron chi connectivity index (χ0n) is 20.2. The molecule has 1 saturated heterocycles. The van der Waals surface area contributed by atoms with Gasteiger partial charge in [-0.1, -0.05) is 0 Å². The van der Waals surface area contributed by atoms with Gasteiger partial charge in [0.25, 0.3) is 5.91 Å². The van der Waals surface area contributed by atoms with E-state index in [1.54, 1.807) is 33.8 Å². The highest BCUT2D eigenvalue weighted by molar-refractivity contribution is 8.04. The van der Waals surface area contributed by atoms with Crippen molar-refractivity contribution >= 4 is 33.6 Å². The summed E-state index contributed by atoms with van der Waals surface area (Å²) < 4.78 is 31.5. The molecule has 0 unspecified atom stereocenters. The van der Waals surface area contributed by atoms with E-state index in [0.717, 1.165) is 0 Å². The molecule has 190 valence electrons. The summed E-state index contributed by atoms with van der Waals surface area (Å²) in [6.45, 7) is 7.02. The average Bonchev–Trinajstić information content (AvgIpc) is 3.23. The van der Waals surface area contributed by atoms with Gasteiger partial charge < -0.3 is 10.4 Å². The monoisotopic (exact) mass is 514 g/mol. The number of aromatic nitrogens is 1.